The van der Waals surface area contributed by atoms with Crippen molar-refractivity contribution in [2.24, 2.45) is 11.7 Å². The van der Waals surface area contributed by atoms with Gasteiger partial charge >= 0.3 is 5.97 Å². The Hall–Kier alpha value is -2.37. The lowest BCUT2D eigenvalue weighted by molar-refractivity contribution is -0.145. The normalized spacial score (nSPS) is 13.7. The van der Waals surface area contributed by atoms with Crippen molar-refractivity contribution in [1.82, 2.24) is 5.32 Å². The minimum absolute atomic E-state index is 0. The number of ether oxygens (including phenoxy) is 1. The summed E-state index contributed by atoms with van der Waals surface area (Å²) in [6.45, 7) is 1.74. The molecule has 3 unspecified atom stereocenters. The van der Waals surface area contributed by atoms with E-state index in [1.807, 2.05) is 36.4 Å². The van der Waals surface area contributed by atoms with Crippen LogP contribution in [0.15, 0.2) is 60.7 Å². The third kappa shape index (κ3) is 5.31. The summed E-state index contributed by atoms with van der Waals surface area (Å²) in [4.78, 5) is 24.6. The Kier molecular flexibility index (Phi) is 8.11. The number of esters is 1. The number of benzene rings is 2. The van der Waals surface area contributed by atoms with Crippen molar-refractivity contribution in [3.63, 3.8) is 0 Å². The van der Waals surface area contributed by atoms with Crippen molar-refractivity contribution in [3.8, 4) is 0 Å². The van der Waals surface area contributed by atoms with Crippen LogP contribution in [0.5, 0.6) is 0 Å². The zero-order valence-corrected chi connectivity index (χ0v) is 15.0. The lowest BCUT2D eigenvalue weighted by atomic mass is 9.94. The largest absolute Gasteiger partial charge is 0.467 e. The fraction of sp³-hybridized carbons (Fsp3) is 0.263. The van der Waals surface area contributed by atoms with Crippen LogP contribution in [0.25, 0.3) is 0 Å². The number of hydrogen-bond donors (Lipinski definition) is 2. The van der Waals surface area contributed by atoms with E-state index < -0.39 is 24.0 Å². The Morgan fingerprint density at radius 2 is 1.44 bits per heavy atom. The highest BCUT2D eigenvalue weighted by Gasteiger charge is 2.28. The molecule has 0 spiro atoms. The zero-order valence-electron chi connectivity index (χ0n) is 14.2. The van der Waals surface area contributed by atoms with Crippen molar-refractivity contribution in [2.45, 2.75) is 19.0 Å². The van der Waals surface area contributed by atoms with Gasteiger partial charge < -0.3 is 15.8 Å². The molecule has 3 atom stereocenters. The van der Waals surface area contributed by atoms with Crippen LogP contribution in [0, 0.1) is 5.92 Å². The van der Waals surface area contributed by atoms with Crippen LogP contribution in [0.2, 0.25) is 0 Å². The second-order valence-electron chi connectivity index (χ2n) is 5.60. The fourth-order valence-electron chi connectivity index (χ4n) is 2.44. The van der Waals surface area contributed by atoms with Gasteiger partial charge in [-0.25, -0.2) is 4.79 Å². The Morgan fingerprint density at radius 3 is 1.92 bits per heavy atom. The van der Waals surface area contributed by atoms with Gasteiger partial charge in [0.05, 0.1) is 13.0 Å². The number of carbonyl (C=O) groups is 2. The highest BCUT2D eigenvalue weighted by Crippen LogP contribution is 2.21. The Morgan fingerprint density at radius 1 is 0.960 bits per heavy atom. The van der Waals surface area contributed by atoms with Crippen LogP contribution in [0.1, 0.15) is 30.1 Å². The van der Waals surface area contributed by atoms with Gasteiger partial charge in [0.15, 0.2) is 6.04 Å². The number of halogens is 1. The third-order valence-electron chi connectivity index (χ3n) is 3.99. The molecule has 6 heteroatoms. The smallest absolute Gasteiger partial charge is 0.333 e. The van der Waals surface area contributed by atoms with Crippen molar-refractivity contribution < 1.29 is 14.3 Å². The minimum Gasteiger partial charge on any atom is -0.467 e. The first-order chi connectivity index (χ1) is 11.5. The molecule has 0 radical (unpaired) electrons. The van der Waals surface area contributed by atoms with E-state index in [-0.39, 0.29) is 18.3 Å². The molecule has 0 saturated heterocycles. The lowest BCUT2D eigenvalue weighted by Crippen LogP contribution is -2.40. The molecule has 134 valence electrons. The number of carbonyl (C=O) groups excluding carboxylic acids is 2. The van der Waals surface area contributed by atoms with E-state index in [2.05, 4.69) is 5.32 Å². The first kappa shape index (κ1) is 20.7. The summed E-state index contributed by atoms with van der Waals surface area (Å²) in [5, 5.41) is 2.74. The van der Waals surface area contributed by atoms with E-state index in [1.54, 1.807) is 31.2 Å². The number of nitrogens with two attached hydrogens (primary N) is 1. The number of rotatable bonds is 6. The molecule has 1 amide bonds. The van der Waals surface area contributed by atoms with Gasteiger partial charge in [-0.2, -0.15) is 0 Å². The van der Waals surface area contributed by atoms with Crippen molar-refractivity contribution in [2.75, 3.05) is 7.11 Å². The maximum Gasteiger partial charge on any atom is 0.333 e. The van der Waals surface area contributed by atoms with Gasteiger partial charge in [0.25, 0.3) is 0 Å². The predicted octanol–water partition coefficient (Wildman–Crippen LogP) is 2.77. The average molecular weight is 363 g/mol. The molecule has 0 heterocycles. The number of hydrogen-bond acceptors (Lipinski definition) is 4. The molecular formula is C19H23ClN2O3. The van der Waals surface area contributed by atoms with E-state index in [0.717, 1.165) is 5.56 Å². The molecule has 0 aromatic heterocycles. The summed E-state index contributed by atoms with van der Waals surface area (Å²) in [6, 6.07) is 17.1. The SMILES string of the molecule is COC(=O)C(NC(=O)C(C)C(N)c1ccccc1)c1ccccc1.Cl. The number of methoxy groups -OCH3 is 1. The molecule has 2 aromatic rings. The lowest BCUT2D eigenvalue weighted by Gasteiger charge is -2.23. The maximum atomic E-state index is 12.6. The molecule has 0 aliphatic carbocycles. The van der Waals surface area contributed by atoms with Crippen LogP contribution < -0.4 is 11.1 Å². The molecule has 0 aliphatic rings. The van der Waals surface area contributed by atoms with Gasteiger partial charge in [0, 0.05) is 6.04 Å². The molecule has 0 bridgehead atoms. The second kappa shape index (κ2) is 9.81. The van der Waals surface area contributed by atoms with Crippen LogP contribution in [-0.4, -0.2) is 19.0 Å². The van der Waals surface area contributed by atoms with Gasteiger partial charge in [-0.3, -0.25) is 4.79 Å². The highest BCUT2D eigenvalue weighted by molar-refractivity contribution is 5.87. The Bertz CT molecular complexity index is 680. The molecule has 0 fully saturated rings. The van der Waals surface area contributed by atoms with Crippen molar-refractivity contribution in [3.05, 3.63) is 71.8 Å². The molecule has 25 heavy (non-hydrogen) atoms. The number of nitrogens with one attached hydrogen (secondary N) is 1. The van der Waals surface area contributed by atoms with Gasteiger partial charge in [-0.15, -0.1) is 12.4 Å². The molecule has 5 nitrogen and oxygen atoms in total. The molecule has 2 aromatic carbocycles. The molecule has 3 N–H and O–H groups in total. The van der Waals surface area contributed by atoms with E-state index in [9.17, 15) is 9.59 Å². The topological polar surface area (TPSA) is 81.4 Å². The first-order valence-electron chi connectivity index (χ1n) is 7.78. The van der Waals surface area contributed by atoms with Gasteiger partial charge in [0.1, 0.15) is 0 Å². The molecule has 2 rings (SSSR count). The van der Waals surface area contributed by atoms with Gasteiger partial charge in [-0.1, -0.05) is 67.6 Å². The highest BCUT2D eigenvalue weighted by atomic mass is 35.5. The van der Waals surface area contributed by atoms with E-state index in [1.165, 1.54) is 7.11 Å². The van der Waals surface area contributed by atoms with E-state index in [0.29, 0.717) is 5.56 Å². The average Bonchev–Trinajstić information content (AvgIpc) is 2.65. The minimum atomic E-state index is -0.853. The summed E-state index contributed by atoms with van der Waals surface area (Å²) in [6.07, 6.45) is 0. The Labute approximate surface area is 154 Å². The summed E-state index contributed by atoms with van der Waals surface area (Å²) in [5.74, 6) is -1.32. The van der Waals surface area contributed by atoms with Crippen molar-refractivity contribution in [1.29, 1.82) is 0 Å². The van der Waals surface area contributed by atoms with Gasteiger partial charge in [0.2, 0.25) is 5.91 Å². The van der Waals surface area contributed by atoms with E-state index >= 15 is 0 Å². The summed E-state index contributed by atoms with van der Waals surface area (Å²) in [5.41, 5.74) is 7.72. The van der Waals surface area contributed by atoms with Crippen LogP contribution in [-0.2, 0) is 14.3 Å². The predicted molar refractivity (Wildman–Crippen MR) is 99.1 cm³/mol. The van der Waals surface area contributed by atoms with Crippen LogP contribution in [0.3, 0.4) is 0 Å². The number of amides is 1. The van der Waals surface area contributed by atoms with Crippen molar-refractivity contribution >= 4 is 24.3 Å². The summed E-state index contributed by atoms with van der Waals surface area (Å²) in [7, 11) is 1.30. The molecular weight excluding hydrogens is 340 g/mol. The zero-order chi connectivity index (χ0) is 17.5. The Balaban J connectivity index is 0.00000312. The molecule has 0 saturated carbocycles. The van der Waals surface area contributed by atoms with E-state index in [4.69, 9.17) is 10.5 Å². The van der Waals surface area contributed by atoms with Gasteiger partial charge in [-0.05, 0) is 11.1 Å². The second-order valence-corrected chi connectivity index (χ2v) is 5.60. The molecule has 0 aliphatic heterocycles. The standard InChI is InChI=1S/C19H22N2O3.ClH/c1-13(16(20)14-9-5-3-6-10-14)18(22)21-17(19(23)24-2)15-11-7-4-8-12-15;/h3-13,16-17H,20H2,1-2H3,(H,21,22);1H. The van der Waals surface area contributed by atoms with Crippen LogP contribution in [0.4, 0.5) is 0 Å². The summed E-state index contributed by atoms with van der Waals surface area (Å²) >= 11 is 0. The quantitative estimate of drug-likeness (QED) is 0.774. The van der Waals surface area contributed by atoms with Crippen LogP contribution >= 0.6 is 12.4 Å². The maximum absolute atomic E-state index is 12.6. The first-order valence-corrected chi connectivity index (χ1v) is 7.78. The third-order valence-corrected chi connectivity index (χ3v) is 3.99. The summed E-state index contributed by atoms with van der Waals surface area (Å²) < 4.78 is 4.81. The monoisotopic (exact) mass is 362 g/mol. The fourth-order valence-corrected chi connectivity index (χ4v) is 2.44.